The third kappa shape index (κ3) is 3.05. The summed E-state index contributed by atoms with van der Waals surface area (Å²) in [5.74, 6) is -0.692. The SMILES string of the molecule is O=C(O)Cc1ccc(C(O)C2CCOC2)cc1. The van der Waals surface area contributed by atoms with Crippen LogP contribution < -0.4 is 0 Å². The summed E-state index contributed by atoms with van der Waals surface area (Å²) in [6.45, 7) is 1.30. The van der Waals surface area contributed by atoms with E-state index in [1.165, 1.54) is 0 Å². The van der Waals surface area contributed by atoms with E-state index in [4.69, 9.17) is 9.84 Å². The van der Waals surface area contributed by atoms with Gasteiger partial charge in [-0.15, -0.1) is 0 Å². The van der Waals surface area contributed by atoms with E-state index in [-0.39, 0.29) is 12.3 Å². The van der Waals surface area contributed by atoms with E-state index in [9.17, 15) is 9.90 Å². The van der Waals surface area contributed by atoms with Crippen molar-refractivity contribution in [1.82, 2.24) is 0 Å². The van der Waals surface area contributed by atoms with E-state index in [1.54, 1.807) is 24.3 Å². The molecular formula is C13H16O4. The Bertz CT molecular complexity index is 379. The molecule has 1 aromatic carbocycles. The second kappa shape index (κ2) is 5.29. The van der Waals surface area contributed by atoms with Crippen molar-refractivity contribution in [2.24, 2.45) is 5.92 Å². The zero-order chi connectivity index (χ0) is 12.3. The summed E-state index contributed by atoms with van der Waals surface area (Å²) in [4.78, 5) is 10.5. The molecule has 0 aromatic heterocycles. The lowest BCUT2D eigenvalue weighted by Gasteiger charge is -2.16. The minimum atomic E-state index is -0.845. The van der Waals surface area contributed by atoms with Crippen LogP contribution in [0.4, 0.5) is 0 Å². The fourth-order valence-corrected chi connectivity index (χ4v) is 2.08. The molecule has 1 heterocycles. The molecule has 1 aliphatic rings. The Morgan fingerprint density at radius 3 is 2.65 bits per heavy atom. The van der Waals surface area contributed by atoms with Crippen LogP contribution in [0.5, 0.6) is 0 Å². The number of aliphatic hydroxyl groups excluding tert-OH is 1. The van der Waals surface area contributed by atoms with Crippen LogP contribution in [0.25, 0.3) is 0 Å². The Morgan fingerprint density at radius 2 is 2.12 bits per heavy atom. The van der Waals surface area contributed by atoms with Gasteiger partial charge in [-0.25, -0.2) is 0 Å². The quantitative estimate of drug-likeness (QED) is 0.829. The number of ether oxygens (including phenoxy) is 1. The Balaban J connectivity index is 2.03. The third-order valence-corrected chi connectivity index (χ3v) is 3.09. The molecule has 4 nitrogen and oxygen atoms in total. The molecule has 1 aliphatic heterocycles. The number of hydrogen-bond donors (Lipinski definition) is 2. The Morgan fingerprint density at radius 1 is 1.41 bits per heavy atom. The molecule has 2 unspecified atom stereocenters. The average Bonchev–Trinajstić information content (AvgIpc) is 2.82. The van der Waals surface area contributed by atoms with Crippen molar-refractivity contribution in [2.45, 2.75) is 18.9 Å². The van der Waals surface area contributed by atoms with Gasteiger partial charge in [0.05, 0.1) is 19.1 Å². The highest BCUT2D eigenvalue weighted by molar-refractivity contribution is 5.70. The highest BCUT2D eigenvalue weighted by atomic mass is 16.5. The topological polar surface area (TPSA) is 66.8 Å². The van der Waals surface area contributed by atoms with Gasteiger partial charge < -0.3 is 14.9 Å². The van der Waals surface area contributed by atoms with Crippen molar-refractivity contribution in [2.75, 3.05) is 13.2 Å². The van der Waals surface area contributed by atoms with Crippen molar-refractivity contribution in [3.05, 3.63) is 35.4 Å². The Labute approximate surface area is 99.8 Å². The maximum atomic E-state index is 10.5. The van der Waals surface area contributed by atoms with Crippen molar-refractivity contribution < 1.29 is 19.7 Å². The van der Waals surface area contributed by atoms with E-state index in [2.05, 4.69) is 0 Å². The van der Waals surface area contributed by atoms with Gasteiger partial charge in [0.2, 0.25) is 0 Å². The van der Waals surface area contributed by atoms with E-state index < -0.39 is 12.1 Å². The van der Waals surface area contributed by atoms with Gasteiger partial charge in [-0.1, -0.05) is 24.3 Å². The van der Waals surface area contributed by atoms with E-state index in [0.29, 0.717) is 13.2 Å². The summed E-state index contributed by atoms with van der Waals surface area (Å²) in [6.07, 6.45) is 0.373. The Kier molecular flexibility index (Phi) is 3.76. The first-order valence-electron chi connectivity index (χ1n) is 5.73. The van der Waals surface area contributed by atoms with Gasteiger partial charge >= 0.3 is 5.97 Å². The molecule has 0 saturated carbocycles. The van der Waals surface area contributed by atoms with Crippen LogP contribution in [0.1, 0.15) is 23.7 Å². The highest BCUT2D eigenvalue weighted by Crippen LogP contribution is 2.28. The van der Waals surface area contributed by atoms with Crippen LogP contribution >= 0.6 is 0 Å². The molecule has 1 fully saturated rings. The fraction of sp³-hybridized carbons (Fsp3) is 0.462. The lowest BCUT2D eigenvalue weighted by molar-refractivity contribution is -0.136. The minimum Gasteiger partial charge on any atom is -0.481 e. The van der Waals surface area contributed by atoms with Crippen molar-refractivity contribution in [3.63, 3.8) is 0 Å². The van der Waals surface area contributed by atoms with Crippen LogP contribution in [-0.2, 0) is 16.0 Å². The molecule has 0 spiro atoms. The average molecular weight is 236 g/mol. The summed E-state index contributed by atoms with van der Waals surface area (Å²) in [7, 11) is 0. The summed E-state index contributed by atoms with van der Waals surface area (Å²) in [5.41, 5.74) is 1.57. The molecule has 2 N–H and O–H groups in total. The molecule has 0 amide bonds. The van der Waals surface area contributed by atoms with Crippen LogP contribution in [0.15, 0.2) is 24.3 Å². The van der Waals surface area contributed by atoms with Gasteiger partial charge in [0.25, 0.3) is 0 Å². The number of hydrogen-bond acceptors (Lipinski definition) is 3. The van der Waals surface area contributed by atoms with E-state index in [1.807, 2.05) is 0 Å². The molecule has 17 heavy (non-hydrogen) atoms. The first-order chi connectivity index (χ1) is 8.16. The van der Waals surface area contributed by atoms with E-state index >= 15 is 0 Å². The second-order valence-corrected chi connectivity index (χ2v) is 4.38. The molecule has 4 heteroatoms. The molecule has 0 radical (unpaired) electrons. The number of carbonyl (C=O) groups is 1. The summed E-state index contributed by atoms with van der Waals surface area (Å²) in [6, 6.07) is 7.09. The molecular weight excluding hydrogens is 220 g/mol. The van der Waals surface area contributed by atoms with Crippen LogP contribution in [-0.4, -0.2) is 29.4 Å². The summed E-state index contributed by atoms with van der Waals surface area (Å²) >= 11 is 0. The molecule has 2 atom stereocenters. The molecule has 92 valence electrons. The van der Waals surface area contributed by atoms with Crippen molar-refractivity contribution in [3.8, 4) is 0 Å². The predicted octanol–water partition coefficient (Wildman–Crippen LogP) is 1.38. The van der Waals surface area contributed by atoms with Gasteiger partial charge in [0.1, 0.15) is 0 Å². The maximum Gasteiger partial charge on any atom is 0.307 e. The van der Waals surface area contributed by atoms with Gasteiger partial charge in [0.15, 0.2) is 0 Å². The first-order valence-corrected chi connectivity index (χ1v) is 5.73. The predicted molar refractivity (Wildman–Crippen MR) is 61.7 cm³/mol. The summed E-state index contributed by atoms with van der Waals surface area (Å²) < 4.78 is 5.24. The van der Waals surface area contributed by atoms with Crippen LogP contribution in [0.2, 0.25) is 0 Å². The molecule has 0 aliphatic carbocycles. The van der Waals surface area contributed by atoms with Crippen molar-refractivity contribution >= 4 is 5.97 Å². The minimum absolute atomic E-state index is 0.0168. The number of benzene rings is 1. The third-order valence-electron chi connectivity index (χ3n) is 3.09. The summed E-state index contributed by atoms with van der Waals surface area (Å²) in [5, 5.41) is 18.7. The van der Waals surface area contributed by atoms with Crippen LogP contribution in [0, 0.1) is 5.92 Å². The standard InChI is InChI=1S/C13H16O4/c14-12(15)7-9-1-3-10(4-2-9)13(16)11-5-6-17-8-11/h1-4,11,13,16H,5-8H2,(H,14,15). The Hall–Kier alpha value is -1.39. The zero-order valence-corrected chi connectivity index (χ0v) is 9.50. The highest BCUT2D eigenvalue weighted by Gasteiger charge is 2.25. The lowest BCUT2D eigenvalue weighted by Crippen LogP contribution is -2.12. The van der Waals surface area contributed by atoms with Gasteiger partial charge in [-0.3, -0.25) is 4.79 Å². The van der Waals surface area contributed by atoms with Gasteiger partial charge in [0, 0.05) is 12.5 Å². The number of aliphatic carboxylic acids is 1. The fourth-order valence-electron chi connectivity index (χ4n) is 2.08. The maximum absolute atomic E-state index is 10.5. The van der Waals surface area contributed by atoms with E-state index in [0.717, 1.165) is 17.5 Å². The monoisotopic (exact) mass is 236 g/mol. The second-order valence-electron chi connectivity index (χ2n) is 4.38. The largest absolute Gasteiger partial charge is 0.481 e. The number of carboxylic acids is 1. The molecule has 0 bridgehead atoms. The smallest absolute Gasteiger partial charge is 0.307 e. The lowest BCUT2D eigenvalue weighted by atomic mass is 9.94. The zero-order valence-electron chi connectivity index (χ0n) is 9.50. The normalized spacial score (nSPS) is 21.4. The van der Waals surface area contributed by atoms with Gasteiger partial charge in [-0.2, -0.15) is 0 Å². The van der Waals surface area contributed by atoms with Crippen molar-refractivity contribution in [1.29, 1.82) is 0 Å². The molecule has 1 saturated heterocycles. The van der Waals surface area contributed by atoms with Gasteiger partial charge in [-0.05, 0) is 17.5 Å². The first kappa shape index (κ1) is 12.1. The molecule has 2 rings (SSSR count). The van der Waals surface area contributed by atoms with Crippen LogP contribution in [0.3, 0.4) is 0 Å². The number of rotatable bonds is 4. The number of carboxylic acid groups (broad SMARTS) is 1. The number of aliphatic hydroxyl groups is 1. The molecule has 1 aromatic rings.